The Labute approximate surface area is 91.4 Å². The molecule has 0 saturated heterocycles. The molecule has 0 aromatic heterocycles. The van der Waals surface area contributed by atoms with E-state index in [1.165, 1.54) is 12.1 Å². The molecule has 0 unspecified atom stereocenters. The minimum absolute atomic E-state index is 0.134. The van der Waals surface area contributed by atoms with E-state index in [4.69, 9.17) is 5.73 Å². The Bertz CT molecular complexity index is 438. The van der Waals surface area contributed by atoms with Crippen molar-refractivity contribution in [3.63, 3.8) is 0 Å². The van der Waals surface area contributed by atoms with Crippen LogP contribution in [0.2, 0.25) is 0 Å². The van der Waals surface area contributed by atoms with Crippen molar-refractivity contribution in [3.05, 3.63) is 34.9 Å². The number of halogens is 3. The third-order valence-electron chi connectivity index (χ3n) is 3.87. The summed E-state index contributed by atoms with van der Waals surface area (Å²) in [6, 6.07) is 4.23. The molecular weight excluding hydrogens is 215 g/mol. The summed E-state index contributed by atoms with van der Waals surface area (Å²) in [5.74, 6) is 0.527. The van der Waals surface area contributed by atoms with Crippen LogP contribution in [0.1, 0.15) is 41.4 Å². The van der Waals surface area contributed by atoms with Gasteiger partial charge in [0.25, 0.3) is 0 Å². The molecule has 4 heteroatoms. The van der Waals surface area contributed by atoms with Crippen LogP contribution in [0.3, 0.4) is 0 Å². The molecule has 2 bridgehead atoms. The maximum Gasteiger partial charge on any atom is 0.416 e. The van der Waals surface area contributed by atoms with Gasteiger partial charge in [-0.3, -0.25) is 0 Å². The number of hydrogen-bond donors (Lipinski definition) is 1. The number of benzene rings is 1. The molecule has 1 aromatic rings. The lowest BCUT2D eigenvalue weighted by Gasteiger charge is -2.22. The van der Waals surface area contributed by atoms with E-state index in [9.17, 15) is 13.2 Å². The molecule has 1 saturated carbocycles. The minimum atomic E-state index is -4.24. The Balaban J connectivity index is 2.06. The van der Waals surface area contributed by atoms with Gasteiger partial charge in [0.15, 0.2) is 0 Å². The van der Waals surface area contributed by atoms with Crippen molar-refractivity contribution < 1.29 is 13.2 Å². The number of fused-ring (bicyclic) bond motifs is 5. The molecule has 16 heavy (non-hydrogen) atoms. The van der Waals surface area contributed by atoms with Crippen molar-refractivity contribution in [2.24, 2.45) is 5.73 Å². The second-order valence-electron chi connectivity index (χ2n) is 4.78. The standard InChI is InChI=1S/C12H12F3N/c13-12(14,15)7-1-2-8-9(5-7)6-3-10(8)11(16)4-6/h1-2,5-6,10-11H,3-4,16H2/t6-,10-,11-/m0/s1. The first-order valence-electron chi connectivity index (χ1n) is 5.43. The van der Waals surface area contributed by atoms with Gasteiger partial charge in [0.1, 0.15) is 0 Å². The van der Waals surface area contributed by atoms with Crippen molar-refractivity contribution >= 4 is 0 Å². The highest BCUT2D eigenvalue weighted by atomic mass is 19.4. The molecule has 2 aliphatic carbocycles. The van der Waals surface area contributed by atoms with Gasteiger partial charge in [-0.05, 0) is 47.9 Å². The molecule has 1 aromatic carbocycles. The number of rotatable bonds is 0. The first kappa shape index (κ1) is 10.1. The molecule has 0 amide bonds. The Morgan fingerprint density at radius 2 is 1.88 bits per heavy atom. The second-order valence-corrected chi connectivity index (χ2v) is 4.78. The summed E-state index contributed by atoms with van der Waals surface area (Å²) in [6.07, 6.45) is -2.48. The summed E-state index contributed by atoms with van der Waals surface area (Å²) in [6.45, 7) is 0. The summed E-state index contributed by atoms with van der Waals surface area (Å²) in [4.78, 5) is 0. The largest absolute Gasteiger partial charge is 0.416 e. The van der Waals surface area contributed by atoms with Gasteiger partial charge in [-0.2, -0.15) is 13.2 Å². The van der Waals surface area contributed by atoms with Crippen LogP contribution in [0.4, 0.5) is 13.2 Å². The summed E-state index contributed by atoms with van der Waals surface area (Å²) in [7, 11) is 0. The van der Waals surface area contributed by atoms with Crippen LogP contribution in [0.5, 0.6) is 0 Å². The zero-order valence-electron chi connectivity index (χ0n) is 8.59. The SMILES string of the molecule is N[C@H]1C[C@@H]2C[C@H]1c1ccc(C(F)(F)F)cc12. The third-order valence-corrected chi connectivity index (χ3v) is 3.87. The second kappa shape index (κ2) is 3.00. The fourth-order valence-corrected chi connectivity index (χ4v) is 3.12. The summed E-state index contributed by atoms with van der Waals surface area (Å²) in [5, 5.41) is 0. The molecular formula is C12H12F3N. The number of nitrogens with two attached hydrogens (primary N) is 1. The van der Waals surface area contributed by atoms with Crippen molar-refractivity contribution in [1.82, 2.24) is 0 Å². The highest BCUT2D eigenvalue weighted by Crippen LogP contribution is 2.53. The number of hydrogen-bond acceptors (Lipinski definition) is 1. The van der Waals surface area contributed by atoms with Gasteiger partial charge < -0.3 is 5.73 Å². The molecule has 86 valence electrons. The normalized spacial score (nSPS) is 31.9. The molecule has 3 rings (SSSR count). The van der Waals surface area contributed by atoms with E-state index in [1.54, 1.807) is 6.07 Å². The lowest BCUT2D eigenvalue weighted by molar-refractivity contribution is -0.137. The molecule has 0 spiro atoms. The monoisotopic (exact) mass is 227 g/mol. The lowest BCUT2D eigenvalue weighted by atomic mass is 9.87. The smallest absolute Gasteiger partial charge is 0.327 e. The minimum Gasteiger partial charge on any atom is -0.327 e. The van der Waals surface area contributed by atoms with E-state index in [1.807, 2.05) is 0 Å². The fraction of sp³-hybridized carbons (Fsp3) is 0.500. The van der Waals surface area contributed by atoms with Gasteiger partial charge in [-0.15, -0.1) is 0 Å². The third kappa shape index (κ3) is 1.29. The molecule has 0 aliphatic heterocycles. The molecule has 1 nitrogen and oxygen atoms in total. The van der Waals surface area contributed by atoms with Gasteiger partial charge in [-0.1, -0.05) is 6.07 Å². The van der Waals surface area contributed by atoms with Gasteiger partial charge in [-0.25, -0.2) is 0 Å². The lowest BCUT2D eigenvalue weighted by Crippen LogP contribution is -2.25. The molecule has 2 aliphatic rings. The Hall–Kier alpha value is -1.03. The predicted molar refractivity (Wildman–Crippen MR) is 54.1 cm³/mol. The van der Waals surface area contributed by atoms with E-state index < -0.39 is 11.7 Å². The quantitative estimate of drug-likeness (QED) is 0.724. The van der Waals surface area contributed by atoms with Gasteiger partial charge in [0.2, 0.25) is 0 Å². The van der Waals surface area contributed by atoms with Crippen LogP contribution in [-0.4, -0.2) is 6.04 Å². The fourth-order valence-electron chi connectivity index (χ4n) is 3.12. The molecule has 1 fully saturated rings. The Morgan fingerprint density at radius 3 is 2.56 bits per heavy atom. The maximum absolute atomic E-state index is 12.6. The highest BCUT2D eigenvalue weighted by Gasteiger charge is 2.43. The van der Waals surface area contributed by atoms with Gasteiger partial charge in [0, 0.05) is 6.04 Å². The first-order valence-corrected chi connectivity index (χ1v) is 5.43. The van der Waals surface area contributed by atoms with Gasteiger partial charge in [0.05, 0.1) is 5.56 Å². The predicted octanol–water partition coefficient (Wildman–Crippen LogP) is 3.01. The number of alkyl halides is 3. The summed E-state index contributed by atoms with van der Waals surface area (Å²) < 4.78 is 37.7. The molecule has 2 N–H and O–H groups in total. The average Bonchev–Trinajstić information content (AvgIpc) is 2.73. The zero-order chi connectivity index (χ0) is 11.5. The summed E-state index contributed by atoms with van der Waals surface area (Å²) >= 11 is 0. The first-order chi connectivity index (χ1) is 7.47. The zero-order valence-corrected chi connectivity index (χ0v) is 8.59. The summed E-state index contributed by atoms with van der Waals surface area (Å²) in [5.41, 5.74) is 7.32. The average molecular weight is 227 g/mol. The van der Waals surface area contributed by atoms with E-state index in [0.717, 1.165) is 24.0 Å². The van der Waals surface area contributed by atoms with Crippen molar-refractivity contribution in [1.29, 1.82) is 0 Å². The molecule has 3 atom stereocenters. The highest BCUT2D eigenvalue weighted by molar-refractivity contribution is 5.45. The van der Waals surface area contributed by atoms with Crippen LogP contribution in [-0.2, 0) is 6.18 Å². The van der Waals surface area contributed by atoms with E-state index in [2.05, 4.69) is 0 Å². The van der Waals surface area contributed by atoms with Crippen molar-refractivity contribution in [2.75, 3.05) is 0 Å². The topological polar surface area (TPSA) is 26.0 Å². The Kier molecular flexibility index (Phi) is 1.90. The Morgan fingerprint density at radius 1 is 1.12 bits per heavy atom. The maximum atomic E-state index is 12.6. The molecule has 0 heterocycles. The van der Waals surface area contributed by atoms with E-state index in [-0.39, 0.29) is 17.9 Å². The van der Waals surface area contributed by atoms with Crippen molar-refractivity contribution in [3.8, 4) is 0 Å². The van der Waals surface area contributed by atoms with Gasteiger partial charge >= 0.3 is 6.18 Å². The van der Waals surface area contributed by atoms with Crippen LogP contribution in [0.15, 0.2) is 18.2 Å². The van der Waals surface area contributed by atoms with Crippen LogP contribution in [0, 0.1) is 0 Å². The van der Waals surface area contributed by atoms with E-state index >= 15 is 0 Å². The van der Waals surface area contributed by atoms with Crippen molar-refractivity contribution in [2.45, 2.75) is 36.9 Å². The van der Waals surface area contributed by atoms with Crippen LogP contribution in [0.25, 0.3) is 0 Å². The molecule has 0 radical (unpaired) electrons. The van der Waals surface area contributed by atoms with Crippen LogP contribution < -0.4 is 5.73 Å². The van der Waals surface area contributed by atoms with E-state index in [0.29, 0.717) is 0 Å². The van der Waals surface area contributed by atoms with Crippen LogP contribution >= 0.6 is 0 Å².